The highest BCUT2D eigenvalue weighted by atomic mass is 16.5. The number of hydrogen-bond donors (Lipinski definition) is 2. The number of amides is 1. The Morgan fingerprint density at radius 1 is 1.33 bits per heavy atom. The van der Waals surface area contributed by atoms with Crippen molar-refractivity contribution in [3.8, 4) is 11.3 Å². The van der Waals surface area contributed by atoms with Crippen LogP contribution < -0.4 is 5.32 Å². The highest BCUT2D eigenvalue weighted by Crippen LogP contribution is 2.22. The summed E-state index contributed by atoms with van der Waals surface area (Å²) in [4.78, 5) is 14.5. The monoisotopic (exact) mass is 326 g/mol. The summed E-state index contributed by atoms with van der Waals surface area (Å²) < 4.78 is 5.73. The number of carbonyl (C=O) groups excluding carboxylic acids is 1. The summed E-state index contributed by atoms with van der Waals surface area (Å²) in [6.07, 6.45) is 1.12. The molecule has 1 aromatic heterocycles. The number of benzene rings is 1. The second-order valence-corrected chi connectivity index (χ2v) is 6.40. The Labute approximate surface area is 141 Å². The SMILES string of the molecule is CCc1ccc(-c2cc(C(=O)N3C[C@@H]4NCCO[C@H]4C3)[nH]n2)cc1. The largest absolute Gasteiger partial charge is 0.373 e. The van der Waals surface area contributed by atoms with Crippen LogP contribution in [-0.2, 0) is 11.2 Å². The van der Waals surface area contributed by atoms with Gasteiger partial charge < -0.3 is 15.0 Å². The number of likely N-dealkylation sites (tertiary alicyclic amines) is 1. The van der Waals surface area contributed by atoms with Crippen LogP contribution in [0.5, 0.6) is 0 Å². The summed E-state index contributed by atoms with van der Waals surface area (Å²) in [5.74, 6) is -0.0151. The van der Waals surface area contributed by atoms with Gasteiger partial charge in [-0.15, -0.1) is 0 Å². The summed E-state index contributed by atoms with van der Waals surface area (Å²) in [6.45, 7) is 5.02. The number of morpholine rings is 1. The van der Waals surface area contributed by atoms with Crippen LogP contribution in [-0.4, -0.2) is 59.4 Å². The van der Waals surface area contributed by atoms with Crippen LogP contribution in [0.2, 0.25) is 0 Å². The number of H-pyrrole nitrogens is 1. The molecule has 126 valence electrons. The maximum atomic E-state index is 12.7. The molecule has 1 aromatic carbocycles. The molecular weight excluding hydrogens is 304 g/mol. The molecule has 1 amide bonds. The molecule has 2 fully saturated rings. The van der Waals surface area contributed by atoms with E-state index in [-0.39, 0.29) is 18.1 Å². The standard InChI is InChI=1S/C18H22N4O2/c1-2-12-3-5-13(6-4-12)14-9-15(21-20-14)18(23)22-10-16-17(11-22)24-8-7-19-16/h3-6,9,16-17,19H,2,7-8,10-11H2,1H3,(H,20,21)/t16-,17-/m0/s1. The lowest BCUT2D eigenvalue weighted by molar-refractivity contribution is 0.0176. The van der Waals surface area contributed by atoms with Crippen molar-refractivity contribution in [2.45, 2.75) is 25.5 Å². The van der Waals surface area contributed by atoms with Crippen molar-refractivity contribution in [3.63, 3.8) is 0 Å². The number of nitrogens with zero attached hydrogens (tertiary/aromatic N) is 2. The predicted octanol–water partition coefficient (Wildman–Crippen LogP) is 1.45. The maximum absolute atomic E-state index is 12.7. The van der Waals surface area contributed by atoms with Crippen molar-refractivity contribution in [1.82, 2.24) is 20.4 Å². The molecule has 2 aliphatic heterocycles. The molecule has 3 heterocycles. The van der Waals surface area contributed by atoms with Gasteiger partial charge in [-0.25, -0.2) is 0 Å². The number of carbonyl (C=O) groups is 1. The summed E-state index contributed by atoms with van der Waals surface area (Å²) in [7, 11) is 0. The van der Waals surface area contributed by atoms with Crippen molar-refractivity contribution in [2.24, 2.45) is 0 Å². The van der Waals surface area contributed by atoms with Crippen molar-refractivity contribution in [1.29, 1.82) is 0 Å². The predicted molar refractivity (Wildman–Crippen MR) is 90.8 cm³/mol. The maximum Gasteiger partial charge on any atom is 0.272 e. The Hall–Kier alpha value is -2.18. The zero-order valence-corrected chi connectivity index (χ0v) is 13.8. The molecule has 2 atom stereocenters. The summed E-state index contributed by atoms with van der Waals surface area (Å²) in [6, 6.07) is 10.4. The minimum atomic E-state index is -0.0151. The van der Waals surface area contributed by atoms with Gasteiger partial charge in [0.1, 0.15) is 5.69 Å². The third-order valence-electron chi connectivity index (χ3n) is 4.86. The Kier molecular flexibility index (Phi) is 4.08. The molecule has 0 bridgehead atoms. The van der Waals surface area contributed by atoms with Gasteiger partial charge in [-0.2, -0.15) is 5.10 Å². The van der Waals surface area contributed by atoms with E-state index in [1.165, 1.54) is 5.56 Å². The normalized spacial score (nSPS) is 23.3. The first-order valence-corrected chi connectivity index (χ1v) is 8.53. The third kappa shape index (κ3) is 2.83. The summed E-state index contributed by atoms with van der Waals surface area (Å²) in [5, 5.41) is 10.6. The van der Waals surface area contributed by atoms with E-state index in [2.05, 4.69) is 34.6 Å². The number of aromatic nitrogens is 2. The average molecular weight is 326 g/mol. The second kappa shape index (κ2) is 6.37. The van der Waals surface area contributed by atoms with Gasteiger partial charge in [-0.1, -0.05) is 31.2 Å². The number of nitrogens with one attached hydrogen (secondary N) is 2. The Morgan fingerprint density at radius 3 is 2.92 bits per heavy atom. The van der Waals surface area contributed by atoms with E-state index in [4.69, 9.17) is 4.74 Å². The van der Waals surface area contributed by atoms with Crippen LogP contribution in [0.3, 0.4) is 0 Å². The molecular formula is C18H22N4O2. The lowest BCUT2D eigenvalue weighted by Gasteiger charge is -2.25. The number of rotatable bonds is 3. The topological polar surface area (TPSA) is 70.2 Å². The summed E-state index contributed by atoms with van der Waals surface area (Å²) >= 11 is 0. The minimum absolute atomic E-state index is 0.0151. The quantitative estimate of drug-likeness (QED) is 0.896. The van der Waals surface area contributed by atoms with E-state index in [1.54, 1.807) is 0 Å². The van der Waals surface area contributed by atoms with Crippen LogP contribution in [0.25, 0.3) is 11.3 Å². The van der Waals surface area contributed by atoms with Gasteiger partial charge in [0, 0.05) is 25.2 Å². The number of fused-ring (bicyclic) bond motifs is 1. The van der Waals surface area contributed by atoms with Crippen LogP contribution in [0.1, 0.15) is 23.0 Å². The van der Waals surface area contributed by atoms with Gasteiger partial charge >= 0.3 is 0 Å². The van der Waals surface area contributed by atoms with Crippen molar-refractivity contribution >= 4 is 5.91 Å². The molecule has 6 heteroatoms. The molecule has 0 spiro atoms. The first-order chi connectivity index (χ1) is 11.7. The van der Waals surface area contributed by atoms with Gasteiger partial charge in [0.15, 0.2) is 0 Å². The highest BCUT2D eigenvalue weighted by Gasteiger charge is 2.38. The fraction of sp³-hybridized carbons (Fsp3) is 0.444. The van der Waals surface area contributed by atoms with E-state index >= 15 is 0 Å². The van der Waals surface area contributed by atoms with Gasteiger partial charge in [0.2, 0.25) is 0 Å². The van der Waals surface area contributed by atoms with E-state index in [1.807, 2.05) is 23.1 Å². The van der Waals surface area contributed by atoms with Crippen molar-refractivity contribution in [3.05, 3.63) is 41.6 Å². The molecule has 2 aliphatic rings. The van der Waals surface area contributed by atoms with Gasteiger partial charge in [-0.3, -0.25) is 9.89 Å². The van der Waals surface area contributed by atoms with Crippen LogP contribution in [0.4, 0.5) is 0 Å². The fourth-order valence-corrected chi connectivity index (χ4v) is 3.42. The average Bonchev–Trinajstić information content (AvgIpc) is 3.28. The van der Waals surface area contributed by atoms with E-state index in [0.29, 0.717) is 25.4 Å². The van der Waals surface area contributed by atoms with Crippen LogP contribution in [0, 0.1) is 0 Å². The molecule has 0 radical (unpaired) electrons. The van der Waals surface area contributed by atoms with Gasteiger partial charge in [-0.05, 0) is 18.1 Å². The van der Waals surface area contributed by atoms with Crippen LogP contribution >= 0.6 is 0 Å². The first-order valence-electron chi connectivity index (χ1n) is 8.53. The molecule has 0 unspecified atom stereocenters. The molecule has 6 nitrogen and oxygen atoms in total. The van der Waals surface area contributed by atoms with Gasteiger partial charge in [0.05, 0.1) is 24.4 Å². The molecule has 0 saturated carbocycles. The van der Waals surface area contributed by atoms with E-state index < -0.39 is 0 Å². The number of aromatic amines is 1. The number of hydrogen-bond acceptors (Lipinski definition) is 4. The van der Waals surface area contributed by atoms with Crippen LogP contribution in [0.15, 0.2) is 30.3 Å². The van der Waals surface area contributed by atoms with E-state index in [0.717, 1.165) is 24.2 Å². The molecule has 0 aliphatic carbocycles. The molecule has 2 saturated heterocycles. The highest BCUT2D eigenvalue weighted by molar-refractivity contribution is 5.93. The smallest absolute Gasteiger partial charge is 0.272 e. The van der Waals surface area contributed by atoms with Crippen molar-refractivity contribution in [2.75, 3.05) is 26.2 Å². The zero-order valence-electron chi connectivity index (χ0n) is 13.8. The lowest BCUT2D eigenvalue weighted by atomic mass is 10.1. The Balaban J connectivity index is 1.48. The first kappa shape index (κ1) is 15.4. The molecule has 2 aromatic rings. The third-order valence-corrected chi connectivity index (χ3v) is 4.86. The fourth-order valence-electron chi connectivity index (χ4n) is 3.42. The molecule has 24 heavy (non-hydrogen) atoms. The Bertz CT molecular complexity index is 711. The zero-order chi connectivity index (χ0) is 16.5. The number of ether oxygens (including phenoxy) is 1. The Morgan fingerprint density at radius 2 is 2.17 bits per heavy atom. The molecule has 4 rings (SSSR count). The minimum Gasteiger partial charge on any atom is -0.373 e. The van der Waals surface area contributed by atoms with Gasteiger partial charge in [0.25, 0.3) is 5.91 Å². The lowest BCUT2D eigenvalue weighted by Crippen LogP contribution is -2.47. The number of aryl methyl sites for hydroxylation is 1. The molecule has 2 N–H and O–H groups in total. The van der Waals surface area contributed by atoms with E-state index in [9.17, 15) is 4.79 Å². The summed E-state index contributed by atoms with van der Waals surface area (Å²) in [5.41, 5.74) is 3.63. The second-order valence-electron chi connectivity index (χ2n) is 6.40. The van der Waals surface area contributed by atoms with Crippen molar-refractivity contribution < 1.29 is 9.53 Å².